The predicted molar refractivity (Wildman–Crippen MR) is 44.8 cm³/mol. The van der Waals surface area contributed by atoms with Gasteiger partial charge in [-0.2, -0.15) is 0 Å². The van der Waals surface area contributed by atoms with E-state index in [1.165, 1.54) is 0 Å². The Labute approximate surface area is 72.2 Å². The van der Waals surface area contributed by atoms with Gasteiger partial charge in [0.05, 0.1) is 24.2 Å². The summed E-state index contributed by atoms with van der Waals surface area (Å²) in [5.41, 5.74) is 0. The van der Waals surface area contributed by atoms with E-state index in [1.807, 2.05) is 0 Å². The molecule has 2 aliphatic heterocycles. The molecule has 0 spiro atoms. The second kappa shape index (κ2) is 2.97. The Kier molecular flexibility index (Phi) is 2.10. The monoisotopic (exact) mass is 191 g/mol. The van der Waals surface area contributed by atoms with Crippen molar-refractivity contribution in [2.24, 2.45) is 5.92 Å². The van der Waals surface area contributed by atoms with Gasteiger partial charge in [0.2, 0.25) is 0 Å². The first-order valence-corrected chi connectivity index (χ1v) is 5.92. The molecule has 5 heteroatoms. The van der Waals surface area contributed by atoms with E-state index in [0.29, 0.717) is 13.2 Å². The van der Waals surface area contributed by atoms with Crippen molar-refractivity contribution in [2.45, 2.75) is 5.25 Å². The summed E-state index contributed by atoms with van der Waals surface area (Å²) >= 11 is 0. The fourth-order valence-electron chi connectivity index (χ4n) is 1.63. The summed E-state index contributed by atoms with van der Waals surface area (Å²) in [6, 6.07) is 0. The molecule has 1 unspecified atom stereocenters. The fourth-order valence-corrected chi connectivity index (χ4v) is 3.37. The van der Waals surface area contributed by atoms with E-state index in [0.717, 1.165) is 13.1 Å². The quantitative estimate of drug-likeness (QED) is 0.579. The largest absolute Gasteiger partial charge is 0.379 e. The van der Waals surface area contributed by atoms with Gasteiger partial charge in [-0.05, 0) is 0 Å². The molecule has 0 aromatic carbocycles. The number of nitrogens with one attached hydrogen (secondary N) is 1. The third-order valence-corrected chi connectivity index (χ3v) is 4.77. The maximum absolute atomic E-state index is 11.5. The molecule has 2 saturated heterocycles. The van der Waals surface area contributed by atoms with Crippen molar-refractivity contribution in [1.29, 1.82) is 0 Å². The van der Waals surface area contributed by atoms with Crippen LogP contribution < -0.4 is 5.32 Å². The number of rotatable bonds is 1. The van der Waals surface area contributed by atoms with Gasteiger partial charge in [0, 0.05) is 19.0 Å². The zero-order valence-corrected chi connectivity index (χ0v) is 7.64. The van der Waals surface area contributed by atoms with E-state index in [-0.39, 0.29) is 16.9 Å². The van der Waals surface area contributed by atoms with Crippen LogP contribution >= 0.6 is 0 Å². The van der Waals surface area contributed by atoms with Crippen LogP contribution in [0.15, 0.2) is 0 Å². The summed E-state index contributed by atoms with van der Waals surface area (Å²) in [4.78, 5) is 0. The van der Waals surface area contributed by atoms with Crippen LogP contribution in [0.25, 0.3) is 0 Å². The maximum Gasteiger partial charge on any atom is 0.158 e. The van der Waals surface area contributed by atoms with E-state index in [2.05, 4.69) is 5.32 Å². The van der Waals surface area contributed by atoms with Crippen molar-refractivity contribution in [3.63, 3.8) is 0 Å². The summed E-state index contributed by atoms with van der Waals surface area (Å²) in [5, 5.41) is 2.83. The molecule has 2 heterocycles. The van der Waals surface area contributed by atoms with E-state index in [9.17, 15) is 8.42 Å². The van der Waals surface area contributed by atoms with Crippen LogP contribution in [-0.4, -0.2) is 45.7 Å². The summed E-state index contributed by atoms with van der Waals surface area (Å²) in [5.74, 6) is 0.490. The normalized spacial score (nSPS) is 35.8. The zero-order valence-electron chi connectivity index (χ0n) is 6.82. The molecule has 0 aromatic heterocycles. The molecule has 2 fully saturated rings. The average Bonchev–Trinajstić information content (AvgIpc) is 1.89. The second-order valence-electron chi connectivity index (χ2n) is 3.40. The van der Waals surface area contributed by atoms with Crippen molar-refractivity contribution in [3.8, 4) is 0 Å². The van der Waals surface area contributed by atoms with Gasteiger partial charge in [0.1, 0.15) is 0 Å². The molecule has 1 atom stereocenters. The predicted octanol–water partition coefficient (Wildman–Crippen LogP) is -0.981. The van der Waals surface area contributed by atoms with Gasteiger partial charge in [-0.15, -0.1) is 0 Å². The summed E-state index contributed by atoms with van der Waals surface area (Å²) in [6.07, 6.45) is 0. The molecule has 0 saturated carbocycles. The van der Waals surface area contributed by atoms with E-state index in [1.54, 1.807) is 0 Å². The topological polar surface area (TPSA) is 55.4 Å². The van der Waals surface area contributed by atoms with Crippen molar-refractivity contribution >= 4 is 9.84 Å². The van der Waals surface area contributed by atoms with E-state index in [4.69, 9.17) is 4.74 Å². The fraction of sp³-hybridized carbons (Fsp3) is 1.00. The third-order valence-electron chi connectivity index (χ3n) is 2.59. The molecule has 0 aliphatic carbocycles. The molecule has 0 radical (unpaired) electrons. The number of hydrogen-bond acceptors (Lipinski definition) is 4. The molecule has 4 nitrogen and oxygen atoms in total. The highest BCUT2D eigenvalue weighted by Gasteiger charge is 2.38. The Morgan fingerprint density at radius 1 is 1.33 bits per heavy atom. The van der Waals surface area contributed by atoms with Crippen molar-refractivity contribution in [2.75, 3.05) is 32.1 Å². The average molecular weight is 191 g/mol. The van der Waals surface area contributed by atoms with Crippen molar-refractivity contribution in [3.05, 3.63) is 0 Å². The zero-order chi connectivity index (χ0) is 8.60. The second-order valence-corrected chi connectivity index (χ2v) is 5.74. The highest BCUT2D eigenvalue weighted by atomic mass is 32.2. The van der Waals surface area contributed by atoms with Gasteiger partial charge in [-0.25, -0.2) is 8.42 Å². The van der Waals surface area contributed by atoms with Gasteiger partial charge in [0.25, 0.3) is 0 Å². The molecular weight excluding hydrogens is 178 g/mol. The van der Waals surface area contributed by atoms with Crippen LogP contribution in [-0.2, 0) is 14.6 Å². The minimum Gasteiger partial charge on any atom is -0.379 e. The number of ether oxygens (including phenoxy) is 1. The lowest BCUT2D eigenvalue weighted by Gasteiger charge is -2.36. The smallest absolute Gasteiger partial charge is 0.158 e. The molecule has 0 amide bonds. The van der Waals surface area contributed by atoms with Crippen molar-refractivity contribution in [1.82, 2.24) is 5.32 Å². The minimum absolute atomic E-state index is 0.203. The maximum atomic E-state index is 11.5. The van der Waals surface area contributed by atoms with Crippen molar-refractivity contribution < 1.29 is 13.2 Å². The molecule has 0 aromatic rings. The number of hydrogen-bond donors (Lipinski definition) is 1. The highest BCUT2D eigenvalue weighted by Crippen LogP contribution is 2.21. The first-order chi connectivity index (χ1) is 5.70. The molecule has 0 bridgehead atoms. The third kappa shape index (κ3) is 1.36. The number of sulfone groups is 1. The summed E-state index contributed by atoms with van der Waals surface area (Å²) < 4.78 is 28.2. The van der Waals surface area contributed by atoms with Crippen LogP contribution in [0, 0.1) is 5.92 Å². The van der Waals surface area contributed by atoms with E-state index < -0.39 is 9.84 Å². The molecular formula is C7H13NO3S. The molecule has 12 heavy (non-hydrogen) atoms. The molecule has 70 valence electrons. The van der Waals surface area contributed by atoms with Crippen LogP contribution in [0.2, 0.25) is 0 Å². The first-order valence-electron chi connectivity index (χ1n) is 4.20. The molecule has 1 N–H and O–H groups in total. The van der Waals surface area contributed by atoms with Crippen LogP contribution in [0.5, 0.6) is 0 Å². The Hall–Kier alpha value is -0.130. The lowest BCUT2D eigenvalue weighted by molar-refractivity contribution is 0.114. The Morgan fingerprint density at radius 3 is 2.58 bits per heavy atom. The summed E-state index contributed by atoms with van der Waals surface area (Å²) in [6.45, 7) is 2.42. The van der Waals surface area contributed by atoms with Gasteiger partial charge in [-0.3, -0.25) is 0 Å². The Bertz CT molecular complexity index is 258. The minimum atomic E-state index is -2.85. The van der Waals surface area contributed by atoms with Crippen LogP contribution in [0.1, 0.15) is 0 Å². The lowest BCUT2D eigenvalue weighted by Crippen LogP contribution is -2.54. The Morgan fingerprint density at radius 2 is 2.08 bits per heavy atom. The molecule has 2 rings (SSSR count). The van der Waals surface area contributed by atoms with Gasteiger partial charge >= 0.3 is 0 Å². The van der Waals surface area contributed by atoms with Gasteiger partial charge in [0.15, 0.2) is 9.84 Å². The summed E-state index contributed by atoms with van der Waals surface area (Å²) in [7, 11) is -2.85. The van der Waals surface area contributed by atoms with Crippen LogP contribution in [0.3, 0.4) is 0 Å². The van der Waals surface area contributed by atoms with Gasteiger partial charge in [-0.1, -0.05) is 0 Å². The standard InChI is InChI=1S/C7H13NO3S/c9-12(10)2-1-11-5-7(12)6-3-8-4-6/h6-8H,1-5H2. The van der Waals surface area contributed by atoms with Gasteiger partial charge < -0.3 is 10.1 Å². The van der Waals surface area contributed by atoms with Crippen LogP contribution in [0.4, 0.5) is 0 Å². The lowest BCUT2D eigenvalue weighted by atomic mass is 9.99. The first kappa shape index (κ1) is 8.47. The Balaban J connectivity index is 2.10. The highest BCUT2D eigenvalue weighted by molar-refractivity contribution is 7.92. The molecule has 2 aliphatic rings. The SMILES string of the molecule is O=S1(=O)CCOCC1C1CNC1. The van der Waals surface area contributed by atoms with E-state index >= 15 is 0 Å².